The summed E-state index contributed by atoms with van der Waals surface area (Å²) in [5, 5.41) is 2.58. The second kappa shape index (κ2) is 7.77. The molecule has 0 aliphatic carbocycles. The van der Waals surface area contributed by atoms with Gasteiger partial charge in [0.15, 0.2) is 0 Å². The Morgan fingerprint density at radius 2 is 1.67 bits per heavy atom. The minimum Gasteiger partial charge on any atom is -0.399 e. The van der Waals surface area contributed by atoms with Gasteiger partial charge in [0, 0.05) is 17.9 Å². The van der Waals surface area contributed by atoms with Crippen LogP contribution in [0.2, 0.25) is 0 Å². The Morgan fingerprint density at radius 3 is 2.19 bits per heavy atom. The van der Waals surface area contributed by atoms with Crippen molar-refractivity contribution >= 4 is 21.4 Å². The Labute approximate surface area is 156 Å². The minimum absolute atomic E-state index is 0.133. The largest absolute Gasteiger partial charge is 0.406 e. The fraction of sp³-hybridized carbons (Fsp3) is 0.333. The summed E-state index contributed by atoms with van der Waals surface area (Å²) in [7, 11) is -4.37. The van der Waals surface area contributed by atoms with Gasteiger partial charge in [-0.25, -0.2) is 8.42 Å². The van der Waals surface area contributed by atoms with E-state index >= 15 is 0 Å². The predicted molar refractivity (Wildman–Crippen MR) is 100 cm³/mol. The number of alkyl halides is 3. The molecule has 0 aromatic heterocycles. The van der Waals surface area contributed by atoms with Crippen molar-refractivity contribution < 1.29 is 21.6 Å². The Kier molecular flexibility index (Phi) is 6.06. The number of aryl methyl sites for hydroxylation is 3. The maximum absolute atomic E-state index is 13.4. The van der Waals surface area contributed by atoms with Crippen LogP contribution in [0.15, 0.2) is 41.3 Å². The van der Waals surface area contributed by atoms with E-state index in [1.807, 2.05) is 0 Å². The number of halogens is 3. The van der Waals surface area contributed by atoms with E-state index in [0.717, 1.165) is 5.56 Å². The molecule has 4 N–H and O–H groups in total. The summed E-state index contributed by atoms with van der Waals surface area (Å²) >= 11 is 0. The quantitative estimate of drug-likeness (QED) is 0.647. The van der Waals surface area contributed by atoms with E-state index in [1.54, 1.807) is 55.8 Å². The van der Waals surface area contributed by atoms with E-state index in [-0.39, 0.29) is 4.90 Å². The molecular weight excluding hydrogens is 379 g/mol. The molecule has 27 heavy (non-hydrogen) atoms. The van der Waals surface area contributed by atoms with Gasteiger partial charge in [-0.15, -0.1) is 0 Å². The first-order chi connectivity index (χ1) is 12.4. The van der Waals surface area contributed by atoms with E-state index in [2.05, 4.69) is 5.32 Å². The molecule has 0 radical (unpaired) electrons. The SMILES string of the molecule is Cc1cc(C)c(S(=O)(=O)NC(CNc2cccc(N)c2)C(F)(F)F)c(C)c1. The molecule has 0 saturated carbocycles. The molecule has 0 heterocycles. The molecule has 0 aliphatic rings. The van der Waals surface area contributed by atoms with Crippen LogP contribution in [0.25, 0.3) is 0 Å². The van der Waals surface area contributed by atoms with Crippen LogP contribution in [0, 0.1) is 20.8 Å². The number of nitrogens with one attached hydrogen (secondary N) is 2. The molecule has 5 nitrogen and oxygen atoms in total. The zero-order chi connectivity index (χ0) is 20.4. The van der Waals surface area contributed by atoms with Gasteiger partial charge in [0.1, 0.15) is 6.04 Å². The standard InChI is InChI=1S/C18H22F3N3O2S/c1-11-7-12(2)17(13(3)8-11)27(25,26)24-16(18(19,20)21)10-23-15-6-4-5-14(22)9-15/h4-9,16,23-24H,10,22H2,1-3H3. The van der Waals surface area contributed by atoms with Crippen molar-refractivity contribution in [1.29, 1.82) is 0 Å². The fourth-order valence-corrected chi connectivity index (χ4v) is 4.60. The van der Waals surface area contributed by atoms with Crippen LogP contribution in [0.1, 0.15) is 16.7 Å². The summed E-state index contributed by atoms with van der Waals surface area (Å²) in [6.07, 6.45) is -4.77. The third kappa shape index (κ3) is 5.36. The van der Waals surface area contributed by atoms with Crippen molar-refractivity contribution in [1.82, 2.24) is 4.72 Å². The maximum Gasteiger partial charge on any atom is 0.406 e. The molecular formula is C18H22F3N3O2S. The third-order valence-electron chi connectivity index (χ3n) is 3.96. The molecule has 0 aliphatic heterocycles. The highest BCUT2D eigenvalue weighted by atomic mass is 32.2. The number of benzene rings is 2. The lowest BCUT2D eigenvalue weighted by Gasteiger charge is -2.23. The van der Waals surface area contributed by atoms with Crippen molar-refractivity contribution in [3.63, 3.8) is 0 Å². The molecule has 2 aromatic carbocycles. The van der Waals surface area contributed by atoms with Crippen LogP contribution in [-0.4, -0.2) is 27.2 Å². The second-order valence-corrected chi connectivity index (χ2v) is 8.10. The first-order valence-electron chi connectivity index (χ1n) is 8.16. The fourth-order valence-electron chi connectivity index (χ4n) is 2.93. The zero-order valence-electron chi connectivity index (χ0n) is 15.2. The predicted octanol–water partition coefficient (Wildman–Crippen LogP) is 3.52. The topological polar surface area (TPSA) is 84.2 Å². The lowest BCUT2D eigenvalue weighted by Crippen LogP contribution is -2.49. The van der Waals surface area contributed by atoms with Gasteiger partial charge >= 0.3 is 6.18 Å². The van der Waals surface area contributed by atoms with Crippen LogP contribution in [0.4, 0.5) is 24.5 Å². The Balaban J connectivity index is 2.28. The summed E-state index contributed by atoms with van der Waals surface area (Å²) in [4.78, 5) is -0.133. The van der Waals surface area contributed by atoms with Gasteiger partial charge in [0.25, 0.3) is 0 Å². The van der Waals surface area contributed by atoms with Gasteiger partial charge in [0.2, 0.25) is 10.0 Å². The molecule has 0 spiro atoms. The number of nitrogen functional groups attached to an aromatic ring is 1. The van der Waals surface area contributed by atoms with Crippen LogP contribution in [-0.2, 0) is 10.0 Å². The molecule has 9 heteroatoms. The molecule has 2 rings (SSSR count). The normalized spacial score (nSPS) is 13.4. The van der Waals surface area contributed by atoms with E-state index in [4.69, 9.17) is 5.73 Å². The minimum atomic E-state index is -4.77. The van der Waals surface area contributed by atoms with Crippen molar-refractivity contribution in [2.75, 3.05) is 17.6 Å². The number of hydrogen-bond acceptors (Lipinski definition) is 4. The zero-order valence-corrected chi connectivity index (χ0v) is 16.0. The van der Waals surface area contributed by atoms with Gasteiger partial charge < -0.3 is 11.1 Å². The second-order valence-electron chi connectivity index (χ2n) is 6.45. The Bertz CT molecular complexity index is 905. The van der Waals surface area contributed by atoms with Gasteiger partial charge in [-0.2, -0.15) is 17.9 Å². The Hall–Kier alpha value is -2.26. The van der Waals surface area contributed by atoms with Gasteiger partial charge in [-0.1, -0.05) is 23.8 Å². The monoisotopic (exact) mass is 401 g/mol. The molecule has 0 fully saturated rings. The van der Waals surface area contributed by atoms with E-state index in [9.17, 15) is 21.6 Å². The maximum atomic E-state index is 13.4. The summed E-state index contributed by atoms with van der Waals surface area (Å²) in [6.45, 7) is 4.23. The molecule has 0 bridgehead atoms. The van der Waals surface area contributed by atoms with Crippen LogP contribution >= 0.6 is 0 Å². The van der Waals surface area contributed by atoms with Crippen LogP contribution in [0.3, 0.4) is 0 Å². The van der Waals surface area contributed by atoms with Gasteiger partial charge in [-0.3, -0.25) is 0 Å². The smallest absolute Gasteiger partial charge is 0.399 e. The van der Waals surface area contributed by atoms with Crippen LogP contribution < -0.4 is 15.8 Å². The number of sulfonamides is 1. The average molecular weight is 401 g/mol. The summed E-state index contributed by atoms with van der Waals surface area (Å²) in [6, 6.07) is 7.14. The molecule has 0 amide bonds. The first kappa shape index (κ1) is 21.0. The number of anilines is 2. The van der Waals surface area contributed by atoms with Crippen molar-refractivity contribution in [2.45, 2.75) is 37.9 Å². The van der Waals surface area contributed by atoms with Crippen LogP contribution in [0.5, 0.6) is 0 Å². The van der Waals surface area contributed by atoms with Crippen molar-refractivity contribution in [3.05, 3.63) is 53.1 Å². The number of hydrogen-bond donors (Lipinski definition) is 3. The molecule has 1 unspecified atom stereocenters. The lowest BCUT2D eigenvalue weighted by molar-refractivity contribution is -0.148. The Morgan fingerprint density at radius 1 is 1.07 bits per heavy atom. The summed E-state index contributed by atoms with van der Waals surface area (Å²) in [5.41, 5.74) is 7.97. The van der Waals surface area contributed by atoms with E-state index in [1.165, 1.54) is 6.07 Å². The first-order valence-corrected chi connectivity index (χ1v) is 9.65. The highest BCUT2D eigenvalue weighted by Gasteiger charge is 2.42. The van der Waals surface area contributed by atoms with Gasteiger partial charge in [-0.05, 0) is 50.1 Å². The van der Waals surface area contributed by atoms with Crippen molar-refractivity contribution in [3.8, 4) is 0 Å². The summed E-state index contributed by atoms with van der Waals surface area (Å²) in [5.74, 6) is 0. The molecule has 1 atom stereocenters. The average Bonchev–Trinajstić information content (AvgIpc) is 2.49. The lowest BCUT2D eigenvalue weighted by atomic mass is 10.1. The number of nitrogens with two attached hydrogens (primary N) is 1. The molecule has 0 saturated heterocycles. The van der Waals surface area contributed by atoms with E-state index in [0.29, 0.717) is 22.5 Å². The van der Waals surface area contributed by atoms with E-state index < -0.39 is 28.8 Å². The molecule has 2 aromatic rings. The third-order valence-corrected chi connectivity index (χ3v) is 5.74. The highest BCUT2D eigenvalue weighted by molar-refractivity contribution is 7.89. The highest BCUT2D eigenvalue weighted by Crippen LogP contribution is 2.26. The molecule has 148 valence electrons. The number of rotatable bonds is 6. The van der Waals surface area contributed by atoms with Gasteiger partial charge in [0.05, 0.1) is 4.90 Å². The summed E-state index contributed by atoms with van der Waals surface area (Å²) < 4.78 is 67.4. The van der Waals surface area contributed by atoms with Crippen molar-refractivity contribution in [2.24, 2.45) is 0 Å².